The number of methoxy groups -OCH3 is 1. The maximum Gasteiger partial charge on any atom is 0.306 e. The molecule has 0 fully saturated rings. The molecule has 0 amide bonds. The molecule has 1 unspecified atom stereocenters. The summed E-state index contributed by atoms with van der Waals surface area (Å²) in [6.07, 6.45) is 0.332. The summed E-state index contributed by atoms with van der Waals surface area (Å²) in [7, 11) is 1.39. The monoisotopic (exact) mass is 291 g/mol. The number of carbonyl (C=O) groups is 1. The van der Waals surface area contributed by atoms with Crippen LogP contribution in [0.1, 0.15) is 29.1 Å². The first-order valence-corrected chi connectivity index (χ1v) is 7.16. The predicted octanol–water partition coefficient (Wildman–Crippen LogP) is 3.49. The van der Waals surface area contributed by atoms with E-state index in [4.69, 9.17) is 0 Å². The number of hydrogen-bond donors (Lipinski definition) is 1. The van der Waals surface area contributed by atoms with Crippen LogP contribution in [0.5, 0.6) is 5.75 Å². The molecule has 0 radical (unpaired) electrons. The Morgan fingerprint density at radius 2 is 2.05 bits per heavy atom. The number of aryl methyl sites for hydroxylation is 1. The molecular formula is C15H17NO3S. The fourth-order valence-electron chi connectivity index (χ4n) is 1.94. The minimum Gasteiger partial charge on any atom is -0.508 e. The number of aromatic hydroxyl groups is 1. The van der Waals surface area contributed by atoms with E-state index in [9.17, 15) is 9.90 Å². The van der Waals surface area contributed by atoms with E-state index in [-0.39, 0.29) is 17.6 Å². The van der Waals surface area contributed by atoms with E-state index in [2.05, 4.69) is 9.72 Å². The van der Waals surface area contributed by atoms with E-state index in [0.29, 0.717) is 6.42 Å². The second kappa shape index (κ2) is 6.05. The molecular weight excluding hydrogens is 274 g/mol. The quantitative estimate of drug-likeness (QED) is 0.876. The zero-order valence-corrected chi connectivity index (χ0v) is 12.5. The highest BCUT2D eigenvalue weighted by Gasteiger charge is 2.17. The second-order valence-electron chi connectivity index (χ2n) is 4.69. The Kier molecular flexibility index (Phi) is 4.39. The fraction of sp³-hybridized carbons (Fsp3) is 0.333. The lowest BCUT2D eigenvalue weighted by Crippen LogP contribution is -2.05. The smallest absolute Gasteiger partial charge is 0.306 e. The Hall–Kier alpha value is -1.88. The Labute approximate surface area is 122 Å². The van der Waals surface area contributed by atoms with Crippen molar-refractivity contribution < 1.29 is 14.6 Å². The summed E-state index contributed by atoms with van der Waals surface area (Å²) < 4.78 is 4.69. The van der Waals surface area contributed by atoms with Crippen LogP contribution in [-0.2, 0) is 9.53 Å². The topological polar surface area (TPSA) is 59.4 Å². The summed E-state index contributed by atoms with van der Waals surface area (Å²) in [5.41, 5.74) is 1.87. The molecule has 0 aliphatic rings. The lowest BCUT2D eigenvalue weighted by atomic mass is 10.1. The van der Waals surface area contributed by atoms with Gasteiger partial charge in [0.05, 0.1) is 24.2 Å². The van der Waals surface area contributed by atoms with Crippen molar-refractivity contribution in [2.75, 3.05) is 7.11 Å². The number of esters is 1. The van der Waals surface area contributed by atoms with Crippen LogP contribution in [-0.4, -0.2) is 23.2 Å². The second-order valence-corrected chi connectivity index (χ2v) is 5.92. The summed E-state index contributed by atoms with van der Waals surface area (Å²) >= 11 is 1.59. The van der Waals surface area contributed by atoms with Gasteiger partial charge in [0.15, 0.2) is 0 Å². The third-order valence-corrected chi connectivity index (χ3v) is 4.28. The fourth-order valence-corrected chi connectivity index (χ4v) is 2.93. The van der Waals surface area contributed by atoms with Crippen molar-refractivity contribution in [1.29, 1.82) is 0 Å². The van der Waals surface area contributed by atoms with Gasteiger partial charge in [-0.25, -0.2) is 4.98 Å². The summed E-state index contributed by atoms with van der Waals surface area (Å²) in [5.74, 6) is 0.0504. The number of ether oxygens (including phenoxy) is 1. The van der Waals surface area contributed by atoms with Crippen molar-refractivity contribution in [3.8, 4) is 17.0 Å². The van der Waals surface area contributed by atoms with Crippen molar-refractivity contribution in [2.45, 2.75) is 26.2 Å². The predicted molar refractivity (Wildman–Crippen MR) is 79.0 cm³/mol. The van der Waals surface area contributed by atoms with Gasteiger partial charge in [-0.3, -0.25) is 4.79 Å². The third-order valence-electron chi connectivity index (χ3n) is 3.08. The summed E-state index contributed by atoms with van der Waals surface area (Å²) in [6, 6.07) is 6.97. The molecule has 1 heterocycles. The number of carbonyl (C=O) groups excluding carboxylic acids is 1. The van der Waals surface area contributed by atoms with Gasteiger partial charge in [-0.2, -0.15) is 0 Å². The molecule has 20 heavy (non-hydrogen) atoms. The summed E-state index contributed by atoms with van der Waals surface area (Å²) in [6.45, 7) is 3.98. The molecule has 0 aliphatic heterocycles. The van der Waals surface area contributed by atoms with Crippen molar-refractivity contribution >= 4 is 17.3 Å². The van der Waals surface area contributed by atoms with Crippen LogP contribution in [0, 0.1) is 6.92 Å². The maximum absolute atomic E-state index is 11.3. The van der Waals surface area contributed by atoms with Crippen molar-refractivity contribution in [2.24, 2.45) is 0 Å². The lowest BCUT2D eigenvalue weighted by molar-refractivity contribution is -0.140. The number of phenols is 1. The average molecular weight is 291 g/mol. The Balaban J connectivity index is 2.25. The molecule has 1 N–H and O–H groups in total. The number of thiazole rings is 1. The van der Waals surface area contributed by atoms with Crippen molar-refractivity contribution in [1.82, 2.24) is 4.98 Å². The van der Waals surface area contributed by atoms with Gasteiger partial charge < -0.3 is 9.84 Å². The zero-order chi connectivity index (χ0) is 14.7. The van der Waals surface area contributed by atoms with Crippen LogP contribution in [0.4, 0.5) is 0 Å². The minimum absolute atomic E-state index is 0.0389. The van der Waals surface area contributed by atoms with Gasteiger partial charge in [0.2, 0.25) is 0 Å². The maximum atomic E-state index is 11.3. The Morgan fingerprint density at radius 1 is 1.40 bits per heavy atom. The molecule has 4 nitrogen and oxygen atoms in total. The standard InChI is InChI=1S/C15H17NO3S/c1-9(8-13(18)19-3)15-16-14(10(2)20-15)11-4-6-12(17)7-5-11/h4-7,9,17H,8H2,1-3H3. The minimum atomic E-state index is -0.225. The van der Waals surface area contributed by atoms with Gasteiger partial charge in [0.1, 0.15) is 5.75 Å². The average Bonchev–Trinajstić information content (AvgIpc) is 2.81. The Morgan fingerprint density at radius 3 is 2.65 bits per heavy atom. The molecule has 0 aliphatic carbocycles. The zero-order valence-electron chi connectivity index (χ0n) is 11.7. The van der Waals surface area contributed by atoms with Crippen LogP contribution in [0.2, 0.25) is 0 Å². The SMILES string of the molecule is COC(=O)CC(C)c1nc(-c2ccc(O)cc2)c(C)s1. The van der Waals surface area contributed by atoms with E-state index >= 15 is 0 Å². The lowest BCUT2D eigenvalue weighted by Gasteiger charge is -2.05. The highest BCUT2D eigenvalue weighted by Crippen LogP contribution is 2.33. The number of benzene rings is 1. The molecule has 1 aromatic heterocycles. The van der Waals surface area contributed by atoms with Crippen LogP contribution in [0.3, 0.4) is 0 Å². The molecule has 1 atom stereocenters. The van der Waals surface area contributed by atoms with Crippen molar-refractivity contribution in [3.05, 3.63) is 34.2 Å². The van der Waals surface area contributed by atoms with E-state index < -0.39 is 0 Å². The number of aromatic nitrogens is 1. The largest absolute Gasteiger partial charge is 0.508 e. The van der Waals surface area contributed by atoms with E-state index in [1.54, 1.807) is 23.5 Å². The molecule has 106 valence electrons. The van der Waals surface area contributed by atoms with Gasteiger partial charge in [0, 0.05) is 16.4 Å². The van der Waals surface area contributed by atoms with Gasteiger partial charge in [-0.1, -0.05) is 6.92 Å². The first-order chi connectivity index (χ1) is 9.51. The van der Waals surface area contributed by atoms with E-state index in [0.717, 1.165) is 21.1 Å². The molecule has 2 rings (SSSR count). The van der Waals surface area contributed by atoms with Crippen LogP contribution >= 0.6 is 11.3 Å². The van der Waals surface area contributed by atoms with Gasteiger partial charge in [-0.15, -0.1) is 11.3 Å². The summed E-state index contributed by atoms with van der Waals surface area (Å²) in [4.78, 5) is 17.0. The molecule has 0 saturated carbocycles. The van der Waals surface area contributed by atoms with Gasteiger partial charge in [0.25, 0.3) is 0 Å². The molecule has 0 saturated heterocycles. The van der Waals surface area contributed by atoms with Crippen LogP contribution in [0.15, 0.2) is 24.3 Å². The normalized spacial score (nSPS) is 12.2. The van der Waals surface area contributed by atoms with Gasteiger partial charge >= 0.3 is 5.97 Å². The highest BCUT2D eigenvalue weighted by atomic mass is 32.1. The number of hydrogen-bond acceptors (Lipinski definition) is 5. The van der Waals surface area contributed by atoms with E-state index in [1.807, 2.05) is 26.0 Å². The molecule has 1 aromatic carbocycles. The first kappa shape index (κ1) is 14.5. The van der Waals surface area contributed by atoms with Crippen LogP contribution in [0.25, 0.3) is 11.3 Å². The molecule has 0 spiro atoms. The highest BCUT2D eigenvalue weighted by molar-refractivity contribution is 7.12. The molecule has 2 aromatic rings. The molecule has 0 bridgehead atoms. The van der Waals surface area contributed by atoms with Crippen LogP contribution < -0.4 is 0 Å². The number of nitrogens with zero attached hydrogens (tertiary/aromatic N) is 1. The van der Waals surface area contributed by atoms with Crippen molar-refractivity contribution in [3.63, 3.8) is 0 Å². The summed E-state index contributed by atoms with van der Waals surface area (Å²) in [5, 5.41) is 10.3. The Bertz CT molecular complexity index is 604. The molecule has 5 heteroatoms. The van der Waals surface area contributed by atoms with Gasteiger partial charge in [-0.05, 0) is 31.2 Å². The third kappa shape index (κ3) is 3.17. The van der Waals surface area contributed by atoms with E-state index in [1.165, 1.54) is 7.11 Å². The number of rotatable bonds is 4. The number of phenolic OH excluding ortho intramolecular Hbond substituents is 1. The first-order valence-electron chi connectivity index (χ1n) is 6.34.